The molecule has 5 nitrogen and oxygen atoms in total. The molecule has 3 aromatic rings. The van der Waals surface area contributed by atoms with Crippen molar-refractivity contribution in [3.63, 3.8) is 0 Å². The summed E-state index contributed by atoms with van der Waals surface area (Å²) in [6, 6.07) is 20.0. The van der Waals surface area contributed by atoms with Gasteiger partial charge in [0.1, 0.15) is 5.75 Å². The van der Waals surface area contributed by atoms with Gasteiger partial charge < -0.3 is 9.84 Å². The Morgan fingerprint density at radius 2 is 1.50 bits per heavy atom. The van der Waals surface area contributed by atoms with Gasteiger partial charge in [0.15, 0.2) is 0 Å². The molecular weight excluding hydrogens is 402 g/mol. The molecule has 0 atom stereocenters. The molecule has 3 aromatic carbocycles. The van der Waals surface area contributed by atoms with Crippen LogP contribution >= 0.6 is 0 Å². The lowest BCUT2D eigenvalue weighted by molar-refractivity contribution is -0.134. The molecule has 0 aliphatic rings. The Labute approximate surface area is 187 Å². The fraction of sp³-hybridized carbons (Fsp3) is 0.222. The summed E-state index contributed by atoms with van der Waals surface area (Å²) in [6.45, 7) is 3.79. The summed E-state index contributed by atoms with van der Waals surface area (Å²) < 4.78 is 5.64. The summed E-state index contributed by atoms with van der Waals surface area (Å²) in [5.74, 6) is -0.990. The van der Waals surface area contributed by atoms with E-state index in [0.29, 0.717) is 28.9 Å². The fourth-order valence-electron chi connectivity index (χ4n) is 3.62. The van der Waals surface area contributed by atoms with Crippen LogP contribution in [0.25, 0.3) is 22.3 Å². The Morgan fingerprint density at radius 3 is 2.06 bits per heavy atom. The number of benzene rings is 3. The molecule has 0 radical (unpaired) electrons. The summed E-state index contributed by atoms with van der Waals surface area (Å²) in [6.07, 6.45) is 3.05. The number of nitriles is 1. The molecule has 0 aromatic heterocycles. The van der Waals surface area contributed by atoms with E-state index in [0.717, 1.165) is 36.0 Å². The van der Waals surface area contributed by atoms with Crippen LogP contribution in [0.5, 0.6) is 5.75 Å². The maximum Gasteiger partial charge on any atom is 0.335 e. The van der Waals surface area contributed by atoms with Gasteiger partial charge in [0.2, 0.25) is 0 Å². The number of esters is 1. The monoisotopic (exact) mass is 427 g/mol. The molecule has 0 unspecified atom stereocenters. The third-order valence-corrected chi connectivity index (χ3v) is 5.39. The normalized spacial score (nSPS) is 10.4. The van der Waals surface area contributed by atoms with Gasteiger partial charge in [-0.3, -0.25) is 4.79 Å². The molecular formula is C27H25NO4. The first-order chi connectivity index (χ1) is 15.4. The summed E-state index contributed by atoms with van der Waals surface area (Å²) in [5, 5.41) is 18.5. The van der Waals surface area contributed by atoms with Crippen LogP contribution in [0.3, 0.4) is 0 Å². The van der Waals surface area contributed by atoms with E-state index in [4.69, 9.17) is 10.00 Å². The fourth-order valence-corrected chi connectivity index (χ4v) is 3.62. The summed E-state index contributed by atoms with van der Waals surface area (Å²) in [4.78, 5) is 24.0. The second kappa shape index (κ2) is 10.4. The van der Waals surface area contributed by atoms with Crippen LogP contribution < -0.4 is 4.74 Å². The lowest BCUT2D eigenvalue weighted by Gasteiger charge is -2.15. The van der Waals surface area contributed by atoms with E-state index in [1.807, 2.05) is 36.4 Å². The Hall–Kier alpha value is -3.91. The Balaban J connectivity index is 1.96. The zero-order valence-corrected chi connectivity index (χ0v) is 18.2. The first kappa shape index (κ1) is 22.8. The lowest BCUT2D eigenvalue weighted by Crippen LogP contribution is -2.10. The van der Waals surface area contributed by atoms with Crippen molar-refractivity contribution < 1.29 is 19.4 Å². The number of hydrogen-bond donors (Lipinski definition) is 1. The number of carbonyl (C=O) groups is 2. The van der Waals surface area contributed by atoms with E-state index in [1.165, 1.54) is 6.07 Å². The average molecular weight is 428 g/mol. The predicted octanol–water partition coefficient (Wildman–Crippen LogP) is 6.38. The number of rotatable bonds is 8. The van der Waals surface area contributed by atoms with Crippen molar-refractivity contribution in [1.29, 1.82) is 5.26 Å². The van der Waals surface area contributed by atoms with E-state index < -0.39 is 5.97 Å². The van der Waals surface area contributed by atoms with Crippen LogP contribution in [0.4, 0.5) is 0 Å². The molecule has 0 bridgehead atoms. The minimum absolute atomic E-state index is 0.168. The van der Waals surface area contributed by atoms with Crippen LogP contribution in [0.1, 0.15) is 54.1 Å². The van der Waals surface area contributed by atoms with Crippen LogP contribution in [0, 0.1) is 18.3 Å². The molecule has 0 saturated carbocycles. The maximum absolute atomic E-state index is 12.3. The predicted molar refractivity (Wildman–Crippen MR) is 124 cm³/mol. The standard InChI is InChI=1S/C27H25NO4/c1-3-4-5-6-25(29)32-24-16-15-23(27(30)31)18(2)26(24)22-13-11-21(12-14-22)20-9-7-19(17-28)8-10-20/h7-16H,3-6H2,1-2H3,(H,30,31). The molecule has 5 heteroatoms. The van der Waals surface area contributed by atoms with Crippen LogP contribution in [-0.2, 0) is 4.79 Å². The van der Waals surface area contributed by atoms with Crippen LogP contribution in [-0.4, -0.2) is 17.0 Å². The first-order valence-corrected chi connectivity index (χ1v) is 10.6. The number of unbranched alkanes of at least 4 members (excludes halogenated alkanes) is 2. The second-order valence-electron chi connectivity index (χ2n) is 7.61. The number of hydrogen-bond acceptors (Lipinski definition) is 4. The molecule has 1 N–H and O–H groups in total. The Morgan fingerprint density at radius 1 is 0.906 bits per heavy atom. The van der Waals surface area contributed by atoms with Gasteiger partial charge >= 0.3 is 11.9 Å². The number of aromatic carboxylic acids is 1. The lowest BCUT2D eigenvalue weighted by atomic mass is 9.93. The van der Waals surface area contributed by atoms with E-state index in [1.54, 1.807) is 25.1 Å². The minimum Gasteiger partial charge on any atom is -0.478 e. The Kier molecular flexibility index (Phi) is 7.41. The SMILES string of the molecule is CCCCCC(=O)Oc1ccc(C(=O)O)c(C)c1-c1ccc(-c2ccc(C#N)cc2)cc1. The van der Waals surface area contributed by atoms with Crippen molar-refractivity contribution in [3.05, 3.63) is 77.4 Å². The van der Waals surface area contributed by atoms with Crippen molar-refractivity contribution in [2.45, 2.75) is 39.5 Å². The Bertz CT molecular complexity index is 1160. The zero-order chi connectivity index (χ0) is 23.1. The molecule has 0 saturated heterocycles. The van der Waals surface area contributed by atoms with Crippen molar-refractivity contribution in [2.24, 2.45) is 0 Å². The summed E-state index contributed by atoms with van der Waals surface area (Å²) in [7, 11) is 0. The van der Waals surface area contributed by atoms with Gasteiger partial charge in [0.25, 0.3) is 0 Å². The molecule has 0 spiro atoms. The topological polar surface area (TPSA) is 87.4 Å². The first-order valence-electron chi connectivity index (χ1n) is 10.6. The van der Waals surface area contributed by atoms with Gasteiger partial charge in [-0.1, -0.05) is 56.2 Å². The summed E-state index contributed by atoms with van der Waals surface area (Å²) >= 11 is 0. The average Bonchev–Trinajstić information content (AvgIpc) is 2.79. The van der Waals surface area contributed by atoms with Crippen molar-refractivity contribution in [3.8, 4) is 34.1 Å². The van der Waals surface area contributed by atoms with Gasteiger partial charge in [-0.2, -0.15) is 5.26 Å². The number of carboxylic acids is 1. The van der Waals surface area contributed by atoms with E-state index in [9.17, 15) is 14.7 Å². The highest BCUT2D eigenvalue weighted by Crippen LogP contribution is 2.36. The van der Waals surface area contributed by atoms with Gasteiger partial charge in [0.05, 0.1) is 17.2 Å². The van der Waals surface area contributed by atoms with Crippen molar-refractivity contribution >= 4 is 11.9 Å². The number of nitrogens with zero attached hydrogens (tertiary/aromatic N) is 1. The number of carboxylic acid groups (broad SMARTS) is 1. The van der Waals surface area contributed by atoms with E-state index in [-0.39, 0.29) is 11.5 Å². The van der Waals surface area contributed by atoms with Crippen molar-refractivity contribution in [1.82, 2.24) is 0 Å². The van der Waals surface area contributed by atoms with Gasteiger partial charge in [-0.25, -0.2) is 4.79 Å². The van der Waals surface area contributed by atoms with E-state index in [2.05, 4.69) is 13.0 Å². The van der Waals surface area contributed by atoms with Gasteiger partial charge in [-0.05, 0) is 59.9 Å². The third kappa shape index (κ3) is 5.22. The van der Waals surface area contributed by atoms with Gasteiger partial charge in [0, 0.05) is 12.0 Å². The van der Waals surface area contributed by atoms with Crippen molar-refractivity contribution in [2.75, 3.05) is 0 Å². The zero-order valence-electron chi connectivity index (χ0n) is 18.2. The quantitative estimate of drug-likeness (QED) is 0.256. The highest BCUT2D eigenvalue weighted by atomic mass is 16.5. The molecule has 0 amide bonds. The molecule has 0 aliphatic heterocycles. The second-order valence-corrected chi connectivity index (χ2v) is 7.61. The molecule has 3 rings (SSSR count). The van der Waals surface area contributed by atoms with Crippen LogP contribution in [0.2, 0.25) is 0 Å². The molecule has 0 aliphatic carbocycles. The highest BCUT2D eigenvalue weighted by Gasteiger charge is 2.19. The van der Waals surface area contributed by atoms with Gasteiger partial charge in [-0.15, -0.1) is 0 Å². The number of ether oxygens (including phenoxy) is 1. The minimum atomic E-state index is -1.03. The smallest absolute Gasteiger partial charge is 0.335 e. The molecule has 0 heterocycles. The maximum atomic E-state index is 12.3. The molecule has 0 fully saturated rings. The van der Waals surface area contributed by atoms with Crippen LogP contribution in [0.15, 0.2) is 60.7 Å². The summed E-state index contributed by atoms with van der Waals surface area (Å²) in [5.41, 5.74) is 4.60. The third-order valence-electron chi connectivity index (χ3n) is 5.39. The largest absolute Gasteiger partial charge is 0.478 e. The molecule has 32 heavy (non-hydrogen) atoms. The molecule has 162 valence electrons. The number of carbonyl (C=O) groups excluding carboxylic acids is 1. The highest BCUT2D eigenvalue weighted by molar-refractivity contribution is 5.94. The van der Waals surface area contributed by atoms with E-state index >= 15 is 0 Å².